The summed E-state index contributed by atoms with van der Waals surface area (Å²) in [5.74, 6) is 0. The molecule has 1 saturated heterocycles. The van der Waals surface area contributed by atoms with Gasteiger partial charge in [-0.05, 0) is 87.8 Å². The van der Waals surface area contributed by atoms with E-state index in [1.165, 1.54) is 28.2 Å². The summed E-state index contributed by atoms with van der Waals surface area (Å²) >= 11 is 5.76. The van der Waals surface area contributed by atoms with Crippen LogP contribution in [0, 0.1) is 13.8 Å². The van der Waals surface area contributed by atoms with E-state index in [-0.39, 0.29) is 18.1 Å². The molecule has 0 amide bonds. The van der Waals surface area contributed by atoms with Crippen LogP contribution >= 0.6 is 12.2 Å². The van der Waals surface area contributed by atoms with Gasteiger partial charge < -0.3 is 14.8 Å². The van der Waals surface area contributed by atoms with Crippen LogP contribution < -0.4 is 5.32 Å². The highest BCUT2D eigenvalue weighted by molar-refractivity contribution is 7.80. The molecule has 0 aliphatic carbocycles. The van der Waals surface area contributed by atoms with Gasteiger partial charge in [0, 0.05) is 29.3 Å². The Bertz CT molecular complexity index is 1040. The molecule has 1 aliphatic rings. The summed E-state index contributed by atoms with van der Waals surface area (Å²) in [6.07, 6.45) is 2.91. The van der Waals surface area contributed by atoms with Crippen LogP contribution in [0.5, 0.6) is 0 Å². The second kappa shape index (κ2) is 8.23. The number of aryl methyl sites for hydroxylation is 2. The predicted octanol–water partition coefficient (Wildman–Crippen LogP) is 5.43. The highest BCUT2D eigenvalue weighted by Gasteiger charge is 2.42. The van der Waals surface area contributed by atoms with E-state index in [4.69, 9.17) is 12.2 Å². The number of nitrogens with one attached hydrogen (secondary N) is 1. The summed E-state index contributed by atoms with van der Waals surface area (Å²) in [7, 11) is 0. The molecule has 156 valence electrons. The minimum absolute atomic E-state index is 0.0255. The van der Waals surface area contributed by atoms with E-state index in [0.29, 0.717) is 0 Å². The second-order valence-electron chi connectivity index (χ2n) is 8.31. The molecular weight excluding hydrogens is 388 g/mol. The standard InChI is InChI=1S/C25H30N4S/c1-6-19-10-12-20(13-11-19)29-17(4)15-21(18(29)5)24-23(22-9-7-8-14-26-22)27-25(30)28(24)16(2)3/h7-16,23-24H,6H2,1-5H3,(H,27,30). The van der Waals surface area contributed by atoms with Crippen LogP contribution in [0.1, 0.15) is 61.1 Å². The quantitative estimate of drug-likeness (QED) is 0.560. The third-order valence-corrected chi connectivity index (χ3v) is 6.41. The van der Waals surface area contributed by atoms with Crippen molar-refractivity contribution in [3.63, 3.8) is 0 Å². The molecule has 4 rings (SSSR count). The van der Waals surface area contributed by atoms with Crippen molar-refractivity contribution in [1.82, 2.24) is 19.8 Å². The minimum Gasteiger partial charge on any atom is -0.352 e. The molecule has 1 fully saturated rings. The van der Waals surface area contributed by atoms with Crippen molar-refractivity contribution in [1.29, 1.82) is 0 Å². The first-order valence-corrected chi connectivity index (χ1v) is 11.1. The number of benzene rings is 1. The van der Waals surface area contributed by atoms with Gasteiger partial charge in [-0.3, -0.25) is 4.98 Å². The number of hydrogen-bond acceptors (Lipinski definition) is 2. The molecule has 5 heteroatoms. The second-order valence-corrected chi connectivity index (χ2v) is 8.70. The topological polar surface area (TPSA) is 33.1 Å². The van der Waals surface area contributed by atoms with Gasteiger partial charge in [0.25, 0.3) is 0 Å². The smallest absolute Gasteiger partial charge is 0.170 e. The molecule has 1 aromatic carbocycles. The van der Waals surface area contributed by atoms with Crippen molar-refractivity contribution in [2.24, 2.45) is 0 Å². The van der Waals surface area contributed by atoms with Crippen molar-refractivity contribution in [2.45, 2.75) is 59.2 Å². The molecule has 1 N–H and O–H groups in total. The molecule has 0 bridgehead atoms. The van der Waals surface area contributed by atoms with Crippen LogP contribution in [0.4, 0.5) is 0 Å². The van der Waals surface area contributed by atoms with Crippen molar-refractivity contribution in [3.05, 3.63) is 82.9 Å². The Morgan fingerprint density at radius 2 is 1.83 bits per heavy atom. The van der Waals surface area contributed by atoms with Gasteiger partial charge >= 0.3 is 0 Å². The predicted molar refractivity (Wildman–Crippen MR) is 127 cm³/mol. The summed E-state index contributed by atoms with van der Waals surface area (Å²) in [6.45, 7) is 11.0. The fraction of sp³-hybridized carbons (Fsp3) is 0.360. The molecule has 2 unspecified atom stereocenters. The van der Waals surface area contributed by atoms with Crippen LogP contribution in [0.2, 0.25) is 0 Å². The first-order valence-electron chi connectivity index (χ1n) is 10.7. The number of nitrogens with zero attached hydrogens (tertiary/aromatic N) is 3. The van der Waals surface area contributed by atoms with E-state index in [1.54, 1.807) is 0 Å². The SMILES string of the molecule is CCc1ccc(-n2c(C)cc(C3C(c4ccccn4)NC(=S)N3C(C)C)c2C)cc1. The highest BCUT2D eigenvalue weighted by Crippen LogP contribution is 2.42. The van der Waals surface area contributed by atoms with Gasteiger partial charge in [0.1, 0.15) is 0 Å². The molecule has 0 radical (unpaired) electrons. The average molecular weight is 419 g/mol. The van der Waals surface area contributed by atoms with Crippen LogP contribution in [-0.2, 0) is 6.42 Å². The van der Waals surface area contributed by atoms with Crippen molar-refractivity contribution < 1.29 is 0 Å². The molecule has 0 spiro atoms. The zero-order valence-electron chi connectivity index (χ0n) is 18.4. The Labute approximate surface area is 184 Å². The summed E-state index contributed by atoms with van der Waals surface area (Å²) in [5.41, 5.74) is 7.35. The molecule has 1 aliphatic heterocycles. The monoisotopic (exact) mass is 418 g/mol. The van der Waals surface area contributed by atoms with Crippen LogP contribution in [0.25, 0.3) is 5.69 Å². The minimum atomic E-state index is 0.0255. The van der Waals surface area contributed by atoms with Gasteiger partial charge in [0.15, 0.2) is 5.11 Å². The van der Waals surface area contributed by atoms with Gasteiger partial charge in [0.2, 0.25) is 0 Å². The van der Waals surface area contributed by atoms with Gasteiger partial charge in [-0.1, -0.05) is 25.1 Å². The number of rotatable bonds is 5. The van der Waals surface area contributed by atoms with Crippen LogP contribution in [0.3, 0.4) is 0 Å². The Morgan fingerprint density at radius 3 is 2.43 bits per heavy atom. The van der Waals surface area contributed by atoms with E-state index in [2.05, 4.69) is 90.8 Å². The lowest BCUT2D eigenvalue weighted by molar-refractivity contribution is 0.269. The Balaban J connectivity index is 1.82. The van der Waals surface area contributed by atoms with Crippen molar-refractivity contribution in [2.75, 3.05) is 0 Å². The lowest BCUT2D eigenvalue weighted by atomic mass is 9.96. The average Bonchev–Trinajstić information content (AvgIpc) is 3.24. The van der Waals surface area contributed by atoms with Crippen LogP contribution in [0.15, 0.2) is 54.7 Å². The third kappa shape index (κ3) is 3.52. The molecule has 30 heavy (non-hydrogen) atoms. The van der Waals surface area contributed by atoms with Gasteiger partial charge in [-0.15, -0.1) is 0 Å². The lowest BCUT2D eigenvalue weighted by Crippen LogP contribution is -2.35. The normalized spacial score (nSPS) is 18.9. The maximum absolute atomic E-state index is 5.76. The maximum atomic E-state index is 5.76. The van der Waals surface area contributed by atoms with E-state index >= 15 is 0 Å². The lowest BCUT2D eigenvalue weighted by Gasteiger charge is -2.31. The summed E-state index contributed by atoms with van der Waals surface area (Å²) in [4.78, 5) is 6.97. The zero-order chi connectivity index (χ0) is 21.4. The molecule has 2 aromatic heterocycles. The maximum Gasteiger partial charge on any atom is 0.170 e. The van der Waals surface area contributed by atoms with Crippen LogP contribution in [-0.4, -0.2) is 25.6 Å². The number of thiocarbonyl (C=S) groups is 1. The van der Waals surface area contributed by atoms with Crippen molar-refractivity contribution >= 4 is 17.3 Å². The van der Waals surface area contributed by atoms with E-state index < -0.39 is 0 Å². The van der Waals surface area contributed by atoms with E-state index in [0.717, 1.165) is 17.2 Å². The number of hydrogen-bond donors (Lipinski definition) is 1. The zero-order valence-corrected chi connectivity index (χ0v) is 19.2. The van der Waals surface area contributed by atoms with E-state index in [9.17, 15) is 0 Å². The highest BCUT2D eigenvalue weighted by atomic mass is 32.1. The Morgan fingerprint density at radius 1 is 1.10 bits per heavy atom. The molecule has 3 aromatic rings. The third-order valence-electron chi connectivity index (χ3n) is 6.08. The van der Waals surface area contributed by atoms with Gasteiger partial charge in [-0.2, -0.15) is 0 Å². The molecule has 4 nitrogen and oxygen atoms in total. The molecular formula is C25H30N4S. The number of aromatic nitrogens is 2. The van der Waals surface area contributed by atoms with Gasteiger partial charge in [-0.25, -0.2) is 0 Å². The first-order chi connectivity index (χ1) is 14.4. The van der Waals surface area contributed by atoms with Crippen molar-refractivity contribution in [3.8, 4) is 5.69 Å². The van der Waals surface area contributed by atoms with Gasteiger partial charge in [0.05, 0.1) is 17.8 Å². The number of pyridine rings is 1. The Kier molecular flexibility index (Phi) is 5.65. The summed E-state index contributed by atoms with van der Waals surface area (Å²) in [5, 5.41) is 4.34. The fourth-order valence-electron chi connectivity index (χ4n) is 4.62. The summed E-state index contributed by atoms with van der Waals surface area (Å²) < 4.78 is 2.35. The first kappa shape index (κ1) is 20.6. The summed E-state index contributed by atoms with van der Waals surface area (Å²) in [6, 6.07) is 17.7. The largest absolute Gasteiger partial charge is 0.352 e. The molecule has 0 saturated carbocycles. The van der Waals surface area contributed by atoms with E-state index in [1.807, 2.05) is 18.3 Å². The Hall–Kier alpha value is -2.66. The molecule has 3 heterocycles. The molecule has 2 atom stereocenters. The fourth-order valence-corrected chi connectivity index (χ4v) is 5.07.